The summed E-state index contributed by atoms with van der Waals surface area (Å²) < 4.78 is 5.74. The molecule has 3 rings (SSSR count). The lowest BCUT2D eigenvalue weighted by molar-refractivity contribution is -0.139. The standard InChI is InChI=1S/C18H20Cl2N2O2S/c1-11-10-21-17(25-11)13-5-7-22(8-6-13)18(23)12(2)24-16-4-3-14(19)9-15(16)20/h3-4,9-10,12-13H,5-8H2,1-2H3/t12-/m1/s1. The predicted octanol–water partition coefficient (Wildman–Crippen LogP) is 4.93. The summed E-state index contributed by atoms with van der Waals surface area (Å²) >= 11 is 13.7. The molecule has 1 aliphatic heterocycles. The van der Waals surface area contributed by atoms with Crippen molar-refractivity contribution < 1.29 is 9.53 Å². The Morgan fingerprint density at radius 2 is 2.08 bits per heavy atom. The van der Waals surface area contributed by atoms with Gasteiger partial charge in [-0.2, -0.15) is 0 Å². The predicted molar refractivity (Wildman–Crippen MR) is 102 cm³/mol. The molecule has 2 heterocycles. The van der Waals surface area contributed by atoms with E-state index in [1.54, 1.807) is 36.5 Å². The molecule has 134 valence electrons. The van der Waals surface area contributed by atoms with Crippen LogP contribution in [0.15, 0.2) is 24.4 Å². The van der Waals surface area contributed by atoms with Crippen LogP contribution in [0.5, 0.6) is 5.75 Å². The van der Waals surface area contributed by atoms with Crippen molar-refractivity contribution in [1.82, 2.24) is 9.88 Å². The van der Waals surface area contributed by atoms with Gasteiger partial charge in [0.1, 0.15) is 5.75 Å². The molecule has 0 radical (unpaired) electrons. The summed E-state index contributed by atoms with van der Waals surface area (Å²) in [5.74, 6) is 0.907. The van der Waals surface area contributed by atoms with Crippen molar-refractivity contribution >= 4 is 40.4 Å². The Labute approximate surface area is 161 Å². The largest absolute Gasteiger partial charge is 0.479 e. The van der Waals surface area contributed by atoms with E-state index in [1.165, 1.54) is 9.88 Å². The molecule has 1 aromatic heterocycles. The molecule has 0 N–H and O–H groups in total. The van der Waals surface area contributed by atoms with E-state index in [2.05, 4.69) is 11.9 Å². The van der Waals surface area contributed by atoms with Crippen LogP contribution in [0.25, 0.3) is 0 Å². The Balaban J connectivity index is 1.56. The van der Waals surface area contributed by atoms with Crippen LogP contribution in [0.1, 0.15) is 35.6 Å². The zero-order valence-electron chi connectivity index (χ0n) is 14.2. The first-order valence-electron chi connectivity index (χ1n) is 8.27. The van der Waals surface area contributed by atoms with Gasteiger partial charge >= 0.3 is 0 Å². The molecule has 1 amide bonds. The molecule has 0 aliphatic carbocycles. The minimum absolute atomic E-state index is 0.0141. The van der Waals surface area contributed by atoms with Crippen LogP contribution < -0.4 is 4.74 Å². The third-order valence-electron chi connectivity index (χ3n) is 4.34. The zero-order valence-corrected chi connectivity index (χ0v) is 16.5. The van der Waals surface area contributed by atoms with Crippen molar-refractivity contribution in [1.29, 1.82) is 0 Å². The van der Waals surface area contributed by atoms with Gasteiger partial charge in [-0.25, -0.2) is 4.98 Å². The summed E-state index contributed by atoms with van der Waals surface area (Å²) in [6, 6.07) is 4.99. The van der Waals surface area contributed by atoms with Gasteiger partial charge in [0, 0.05) is 35.1 Å². The summed E-state index contributed by atoms with van der Waals surface area (Å²) in [6.07, 6.45) is 3.21. The Morgan fingerprint density at radius 1 is 1.36 bits per heavy atom. The number of aryl methyl sites for hydroxylation is 1. The molecule has 0 spiro atoms. The van der Waals surface area contributed by atoms with Crippen molar-refractivity contribution in [2.24, 2.45) is 0 Å². The zero-order chi connectivity index (χ0) is 18.0. The molecule has 1 fully saturated rings. The number of likely N-dealkylation sites (tertiary alicyclic amines) is 1. The monoisotopic (exact) mass is 398 g/mol. The van der Waals surface area contributed by atoms with Gasteiger partial charge < -0.3 is 9.64 Å². The lowest BCUT2D eigenvalue weighted by Crippen LogP contribution is -2.44. The van der Waals surface area contributed by atoms with Crippen molar-refractivity contribution in [2.45, 2.75) is 38.7 Å². The molecule has 0 unspecified atom stereocenters. The molecule has 1 aliphatic rings. The maximum Gasteiger partial charge on any atom is 0.263 e. The number of nitrogens with zero attached hydrogens (tertiary/aromatic N) is 2. The van der Waals surface area contributed by atoms with Gasteiger partial charge in [0.05, 0.1) is 10.0 Å². The number of hydrogen-bond acceptors (Lipinski definition) is 4. The van der Waals surface area contributed by atoms with E-state index in [1.807, 2.05) is 11.1 Å². The number of hydrogen-bond donors (Lipinski definition) is 0. The second kappa shape index (κ2) is 7.94. The molecule has 7 heteroatoms. The number of piperidine rings is 1. The molecule has 1 aromatic carbocycles. The van der Waals surface area contributed by atoms with Crippen molar-refractivity contribution in [3.8, 4) is 5.75 Å². The molecule has 25 heavy (non-hydrogen) atoms. The fourth-order valence-corrected chi connectivity index (χ4v) is 4.37. The van der Waals surface area contributed by atoms with Crippen molar-refractivity contribution in [3.05, 3.63) is 44.3 Å². The number of thiazole rings is 1. The minimum atomic E-state index is -0.586. The fraction of sp³-hybridized carbons (Fsp3) is 0.444. The first kappa shape index (κ1) is 18.5. The Bertz CT molecular complexity index is 757. The molecule has 2 aromatic rings. The van der Waals surface area contributed by atoms with E-state index in [-0.39, 0.29) is 5.91 Å². The Hall–Kier alpha value is -1.30. The lowest BCUT2D eigenvalue weighted by atomic mass is 9.97. The van der Waals surface area contributed by atoms with Gasteiger partial charge in [0.15, 0.2) is 6.10 Å². The summed E-state index contributed by atoms with van der Waals surface area (Å²) in [5, 5.41) is 2.13. The summed E-state index contributed by atoms with van der Waals surface area (Å²) in [7, 11) is 0. The molecular weight excluding hydrogens is 379 g/mol. The number of carbonyl (C=O) groups is 1. The van der Waals surface area contributed by atoms with E-state index >= 15 is 0 Å². The van der Waals surface area contributed by atoms with Gasteiger partial charge in [-0.15, -0.1) is 11.3 Å². The van der Waals surface area contributed by atoms with Gasteiger partial charge in [0.2, 0.25) is 0 Å². The van der Waals surface area contributed by atoms with Crippen LogP contribution in [0.3, 0.4) is 0 Å². The smallest absolute Gasteiger partial charge is 0.263 e. The van der Waals surface area contributed by atoms with Gasteiger partial charge in [0.25, 0.3) is 5.91 Å². The minimum Gasteiger partial charge on any atom is -0.479 e. The quantitative estimate of drug-likeness (QED) is 0.732. The molecule has 0 saturated carbocycles. The van der Waals surface area contributed by atoms with Crippen LogP contribution >= 0.6 is 34.5 Å². The van der Waals surface area contributed by atoms with E-state index in [0.29, 0.717) is 21.7 Å². The number of halogens is 2. The highest BCUT2D eigenvalue weighted by Gasteiger charge is 2.29. The van der Waals surface area contributed by atoms with E-state index < -0.39 is 6.10 Å². The van der Waals surface area contributed by atoms with Gasteiger partial charge in [-0.05, 0) is 44.9 Å². The topological polar surface area (TPSA) is 42.4 Å². The first-order chi connectivity index (χ1) is 11.9. The fourth-order valence-electron chi connectivity index (χ4n) is 2.98. The molecule has 1 atom stereocenters. The highest BCUT2D eigenvalue weighted by Crippen LogP contribution is 2.32. The Morgan fingerprint density at radius 3 is 2.68 bits per heavy atom. The second-order valence-electron chi connectivity index (χ2n) is 6.24. The van der Waals surface area contributed by atoms with Crippen molar-refractivity contribution in [3.63, 3.8) is 0 Å². The molecule has 4 nitrogen and oxygen atoms in total. The summed E-state index contributed by atoms with van der Waals surface area (Å²) in [5.41, 5.74) is 0. The summed E-state index contributed by atoms with van der Waals surface area (Å²) in [6.45, 7) is 5.28. The maximum absolute atomic E-state index is 12.6. The van der Waals surface area contributed by atoms with Gasteiger partial charge in [-0.1, -0.05) is 23.2 Å². The van der Waals surface area contributed by atoms with E-state index in [4.69, 9.17) is 27.9 Å². The number of amides is 1. The molecule has 1 saturated heterocycles. The third kappa shape index (κ3) is 4.46. The van der Waals surface area contributed by atoms with Crippen molar-refractivity contribution in [2.75, 3.05) is 13.1 Å². The van der Waals surface area contributed by atoms with Crippen LogP contribution in [-0.2, 0) is 4.79 Å². The Kier molecular flexibility index (Phi) is 5.87. The lowest BCUT2D eigenvalue weighted by Gasteiger charge is -2.32. The number of rotatable bonds is 4. The van der Waals surface area contributed by atoms with Crippen LogP contribution in [0.4, 0.5) is 0 Å². The average Bonchev–Trinajstić information content (AvgIpc) is 3.03. The number of benzene rings is 1. The SMILES string of the molecule is Cc1cnc(C2CCN(C(=O)[C@@H](C)Oc3ccc(Cl)cc3Cl)CC2)s1. The van der Waals surface area contributed by atoms with Crippen LogP contribution in [0.2, 0.25) is 10.0 Å². The third-order valence-corrected chi connectivity index (χ3v) is 5.95. The second-order valence-corrected chi connectivity index (χ2v) is 8.35. The average molecular weight is 399 g/mol. The number of carbonyl (C=O) groups excluding carboxylic acids is 1. The molecular formula is C18H20Cl2N2O2S. The van der Waals surface area contributed by atoms with Crippen LogP contribution in [0, 0.1) is 6.92 Å². The summed E-state index contributed by atoms with van der Waals surface area (Å²) in [4.78, 5) is 20.2. The number of aromatic nitrogens is 1. The highest BCUT2D eigenvalue weighted by atomic mass is 35.5. The normalized spacial score (nSPS) is 16.7. The highest BCUT2D eigenvalue weighted by molar-refractivity contribution is 7.11. The number of ether oxygens (including phenoxy) is 1. The van der Waals surface area contributed by atoms with E-state index in [0.717, 1.165) is 25.9 Å². The molecule has 0 bridgehead atoms. The first-order valence-corrected chi connectivity index (χ1v) is 9.84. The van der Waals surface area contributed by atoms with Gasteiger partial charge in [-0.3, -0.25) is 4.79 Å². The van der Waals surface area contributed by atoms with E-state index in [9.17, 15) is 4.79 Å². The van der Waals surface area contributed by atoms with Crippen LogP contribution in [-0.4, -0.2) is 35.0 Å². The maximum atomic E-state index is 12.6.